The van der Waals surface area contributed by atoms with Gasteiger partial charge in [0.1, 0.15) is 23.3 Å². The average Bonchev–Trinajstić information content (AvgIpc) is 3.41. The second-order valence-corrected chi connectivity index (χ2v) is 6.83. The Morgan fingerprint density at radius 1 is 1.10 bits per heavy atom. The first-order valence-electron chi connectivity index (χ1n) is 9.53. The second-order valence-electron chi connectivity index (χ2n) is 6.83. The van der Waals surface area contributed by atoms with Crippen molar-refractivity contribution in [1.29, 1.82) is 0 Å². The van der Waals surface area contributed by atoms with Gasteiger partial charge in [-0.05, 0) is 34.1 Å². The van der Waals surface area contributed by atoms with Crippen LogP contribution < -0.4 is 15.4 Å². The maximum atomic E-state index is 12.3. The molecule has 0 unspecified atom stereocenters. The summed E-state index contributed by atoms with van der Waals surface area (Å²) in [5.41, 5.74) is 3.46. The van der Waals surface area contributed by atoms with Gasteiger partial charge in [0.15, 0.2) is 0 Å². The summed E-state index contributed by atoms with van der Waals surface area (Å²) in [5, 5.41) is 17.2. The lowest BCUT2D eigenvalue weighted by atomic mass is 10.1. The summed E-state index contributed by atoms with van der Waals surface area (Å²) in [4.78, 5) is 24.5. The van der Waals surface area contributed by atoms with E-state index in [2.05, 4.69) is 30.7 Å². The Morgan fingerprint density at radius 2 is 1.94 bits per heavy atom. The van der Waals surface area contributed by atoms with Crippen LogP contribution in [0, 0.1) is 0 Å². The molecule has 10 nitrogen and oxygen atoms in total. The number of carbonyl (C=O) groups excluding carboxylic acids is 2. The molecule has 0 bridgehead atoms. The number of amides is 2. The van der Waals surface area contributed by atoms with Crippen molar-refractivity contribution in [3.8, 4) is 5.75 Å². The summed E-state index contributed by atoms with van der Waals surface area (Å²) in [5.74, 6) is 0.239. The van der Waals surface area contributed by atoms with Crippen LogP contribution in [0.3, 0.4) is 0 Å². The van der Waals surface area contributed by atoms with E-state index in [-0.39, 0.29) is 24.8 Å². The van der Waals surface area contributed by atoms with Gasteiger partial charge >= 0.3 is 0 Å². The van der Waals surface area contributed by atoms with Crippen LogP contribution in [0.15, 0.2) is 59.5 Å². The van der Waals surface area contributed by atoms with Crippen LogP contribution in [0.2, 0.25) is 0 Å². The molecule has 0 atom stereocenters. The van der Waals surface area contributed by atoms with Gasteiger partial charge in [0.05, 0.1) is 25.4 Å². The molecule has 2 aromatic heterocycles. The highest BCUT2D eigenvalue weighted by Crippen LogP contribution is 2.18. The third kappa shape index (κ3) is 5.04. The number of fused-ring (bicyclic) bond motifs is 1. The molecule has 0 radical (unpaired) electrons. The Balaban J connectivity index is 1.28. The number of rotatable bonds is 8. The van der Waals surface area contributed by atoms with Gasteiger partial charge in [-0.1, -0.05) is 24.3 Å². The van der Waals surface area contributed by atoms with E-state index in [0.29, 0.717) is 29.0 Å². The molecule has 2 aromatic carbocycles. The predicted octanol–water partition coefficient (Wildman–Crippen LogP) is 1.93. The van der Waals surface area contributed by atoms with Crippen molar-refractivity contribution in [2.45, 2.75) is 19.5 Å². The summed E-state index contributed by atoms with van der Waals surface area (Å²) < 4.78 is 11.4. The van der Waals surface area contributed by atoms with Gasteiger partial charge in [-0.2, -0.15) is 5.10 Å². The lowest BCUT2D eigenvalue weighted by Crippen LogP contribution is -2.27. The number of aromatic nitrogens is 4. The molecular formula is C21H20N6O4. The Bertz CT molecular complexity index is 1220. The van der Waals surface area contributed by atoms with Crippen LogP contribution in [0.5, 0.6) is 5.75 Å². The SMILES string of the molecule is COc1ccccc1CC(=O)Nc1cnn(CC(=O)NCc2ccc3nonc3c2)c1. The van der Waals surface area contributed by atoms with Crippen LogP contribution in [-0.2, 0) is 29.1 Å². The largest absolute Gasteiger partial charge is 0.496 e. The Morgan fingerprint density at radius 3 is 2.81 bits per heavy atom. The van der Waals surface area contributed by atoms with Crippen molar-refractivity contribution in [3.05, 3.63) is 66.0 Å². The Hall–Kier alpha value is -4.21. The molecule has 2 amide bonds. The van der Waals surface area contributed by atoms with Crippen LogP contribution in [0.4, 0.5) is 5.69 Å². The minimum atomic E-state index is -0.214. The zero-order chi connectivity index (χ0) is 21.6. The van der Waals surface area contributed by atoms with E-state index in [0.717, 1.165) is 11.1 Å². The highest BCUT2D eigenvalue weighted by molar-refractivity contribution is 5.92. The second kappa shape index (κ2) is 9.08. The van der Waals surface area contributed by atoms with Gasteiger partial charge in [-0.15, -0.1) is 0 Å². The minimum absolute atomic E-state index is 0.0239. The zero-order valence-corrected chi connectivity index (χ0v) is 16.7. The van der Waals surface area contributed by atoms with Crippen LogP contribution in [0.25, 0.3) is 11.0 Å². The molecule has 0 aliphatic rings. The number of anilines is 1. The number of nitrogens with one attached hydrogen (secondary N) is 2. The number of nitrogens with zero attached hydrogens (tertiary/aromatic N) is 4. The maximum absolute atomic E-state index is 12.3. The summed E-state index contributed by atoms with van der Waals surface area (Å²) in [7, 11) is 1.57. The molecule has 0 saturated heterocycles. The van der Waals surface area contributed by atoms with Crippen molar-refractivity contribution >= 4 is 28.5 Å². The number of para-hydroxylation sites is 1. The van der Waals surface area contributed by atoms with Gasteiger partial charge in [-0.25, -0.2) is 4.63 Å². The third-order valence-corrected chi connectivity index (χ3v) is 4.57. The number of ether oxygens (including phenoxy) is 1. The number of hydrogen-bond donors (Lipinski definition) is 2. The molecule has 0 fully saturated rings. The smallest absolute Gasteiger partial charge is 0.241 e. The molecular weight excluding hydrogens is 400 g/mol. The number of hydrogen-bond acceptors (Lipinski definition) is 7. The van der Waals surface area contributed by atoms with E-state index in [9.17, 15) is 9.59 Å². The first kappa shape index (κ1) is 20.1. The quantitative estimate of drug-likeness (QED) is 0.446. The molecule has 31 heavy (non-hydrogen) atoms. The Kier molecular flexibility index (Phi) is 5.88. The molecule has 0 aliphatic carbocycles. The molecule has 4 rings (SSSR count). The average molecular weight is 420 g/mol. The fourth-order valence-electron chi connectivity index (χ4n) is 3.08. The van der Waals surface area contributed by atoms with E-state index in [1.165, 1.54) is 10.9 Å². The molecule has 10 heteroatoms. The summed E-state index contributed by atoms with van der Waals surface area (Å²) in [6, 6.07) is 12.8. The van der Waals surface area contributed by atoms with Gasteiger partial charge < -0.3 is 15.4 Å². The van der Waals surface area contributed by atoms with E-state index in [4.69, 9.17) is 4.74 Å². The number of benzene rings is 2. The minimum Gasteiger partial charge on any atom is -0.496 e. The summed E-state index contributed by atoms with van der Waals surface area (Å²) in [6.07, 6.45) is 3.27. The fraction of sp³-hybridized carbons (Fsp3) is 0.190. The summed E-state index contributed by atoms with van der Waals surface area (Å²) >= 11 is 0. The van der Waals surface area contributed by atoms with E-state index >= 15 is 0 Å². The topological polar surface area (TPSA) is 124 Å². The number of carbonyl (C=O) groups is 2. The summed E-state index contributed by atoms with van der Waals surface area (Å²) in [6.45, 7) is 0.363. The molecule has 4 aromatic rings. The number of methoxy groups -OCH3 is 1. The normalized spacial score (nSPS) is 10.7. The first-order valence-corrected chi connectivity index (χ1v) is 9.53. The standard InChI is InChI=1S/C21H20N6O4/c1-30-19-5-3-2-4-15(19)9-20(28)24-16-11-23-27(12-16)13-21(29)22-10-14-6-7-17-18(8-14)26-31-25-17/h2-8,11-12H,9-10,13H2,1H3,(H,22,29)(H,24,28). The van der Waals surface area contributed by atoms with E-state index in [1.807, 2.05) is 24.3 Å². The first-order chi connectivity index (χ1) is 15.1. The van der Waals surface area contributed by atoms with E-state index in [1.54, 1.807) is 31.5 Å². The molecule has 2 heterocycles. The molecule has 0 aliphatic heterocycles. The van der Waals surface area contributed by atoms with Crippen LogP contribution in [0.1, 0.15) is 11.1 Å². The van der Waals surface area contributed by atoms with Crippen molar-refractivity contribution in [2.75, 3.05) is 12.4 Å². The van der Waals surface area contributed by atoms with Crippen molar-refractivity contribution in [1.82, 2.24) is 25.4 Å². The highest BCUT2D eigenvalue weighted by Gasteiger charge is 2.11. The lowest BCUT2D eigenvalue weighted by Gasteiger charge is -2.08. The predicted molar refractivity (Wildman–Crippen MR) is 111 cm³/mol. The monoisotopic (exact) mass is 420 g/mol. The van der Waals surface area contributed by atoms with Crippen molar-refractivity contribution < 1.29 is 19.0 Å². The van der Waals surface area contributed by atoms with E-state index < -0.39 is 0 Å². The Labute approximate surface area is 177 Å². The van der Waals surface area contributed by atoms with Gasteiger partial charge in [0.2, 0.25) is 11.8 Å². The molecule has 2 N–H and O–H groups in total. The zero-order valence-electron chi connectivity index (χ0n) is 16.7. The fourth-order valence-corrected chi connectivity index (χ4v) is 3.08. The van der Waals surface area contributed by atoms with Crippen LogP contribution in [-0.4, -0.2) is 39.0 Å². The van der Waals surface area contributed by atoms with Gasteiger partial charge in [0.25, 0.3) is 0 Å². The lowest BCUT2D eigenvalue weighted by molar-refractivity contribution is -0.122. The third-order valence-electron chi connectivity index (χ3n) is 4.57. The molecule has 158 valence electrons. The van der Waals surface area contributed by atoms with Gasteiger partial charge in [0, 0.05) is 18.3 Å². The van der Waals surface area contributed by atoms with Crippen molar-refractivity contribution in [2.24, 2.45) is 0 Å². The maximum Gasteiger partial charge on any atom is 0.241 e. The van der Waals surface area contributed by atoms with Crippen LogP contribution >= 0.6 is 0 Å². The highest BCUT2D eigenvalue weighted by atomic mass is 16.6. The van der Waals surface area contributed by atoms with Crippen molar-refractivity contribution in [3.63, 3.8) is 0 Å². The molecule has 0 spiro atoms. The van der Waals surface area contributed by atoms with Gasteiger partial charge in [-0.3, -0.25) is 14.3 Å². The molecule has 0 saturated carbocycles.